The summed E-state index contributed by atoms with van der Waals surface area (Å²) in [6.45, 7) is 4.28. The Labute approximate surface area is 78.8 Å². The van der Waals surface area contributed by atoms with Crippen LogP contribution >= 0.6 is 0 Å². The van der Waals surface area contributed by atoms with Gasteiger partial charge in [0.25, 0.3) is 0 Å². The van der Waals surface area contributed by atoms with Crippen molar-refractivity contribution in [3.05, 3.63) is 0 Å². The first-order valence-electron chi connectivity index (χ1n) is 4.46. The highest BCUT2D eigenvalue weighted by molar-refractivity contribution is 5.67. The topological polar surface area (TPSA) is 55.8 Å². The van der Waals surface area contributed by atoms with Crippen molar-refractivity contribution in [3.8, 4) is 0 Å². The van der Waals surface area contributed by atoms with Crippen LogP contribution in [0.5, 0.6) is 0 Å². The Morgan fingerprint density at radius 3 is 2.54 bits per heavy atom. The van der Waals surface area contributed by atoms with Crippen molar-refractivity contribution in [2.45, 2.75) is 38.9 Å². The fourth-order valence-electron chi connectivity index (χ4n) is 1.09. The second-order valence-electron chi connectivity index (χ2n) is 3.03. The molecule has 2 unspecified atom stereocenters. The molecule has 0 saturated heterocycles. The molecule has 0 heterocycles. The Kier molecular flexibility index (Phi) is 6.54. The molecule has 0 aliphatic heterocycles. The van der Waals surface area contributed by atoms with E-state index in [0.717, 1.165) is 0 Å². The molecule has 1 N–H and O–H groups in total. The summed E-state index contributed by atoms with van der Waals surface area (Å²) >= 11 is 0. The Morgan fingerprint density at radius 2 is 2.15 bits per heavy atom. The van der Waals surface area contributed by atoms with E-state index in [-0.39, 0.29) is 18.6 Å². The smallest absolute Gasteiger partial charge is 0.305 e. The normalized spacial score (nSPS) is 15.3. The van der Waals surface area contributed by atoms with Crippen molar-refractivity contribution < 1.29 is 19.4 Å². The number of rotatable bonds is 7. The lowest BCUT2D eigenvalue weighted by atomic mass is 10.2. The van der Waals surface area contributed by atoms with Crippen molar-refractivity contribution in [2.75, 3.05) is 13.7 Å². The summed E-state index contributed by atoms with van der Waals surface area (Å²) in [5.74, 6) is -0.823. The van der Waals surface area contributed by atoms with Crippen LogP contribution in [0.3, 0.4) is 0 Å². The minimum Gasteiger partial charge on any atom is -0.481 e. The van der Waals surface area contributed by atoms with Crippen molar-refractivity contribution >= 4 is 5.97 Å². The average molecular weight is 190 g/mol. The van der Waals surface area contributed by atoms with E-state index >= 15 is 0 Å². The Bertz CT molecular complexity index is 147. The van der Waals surface area contributed by atoms with Crippen LogP contribution < -0.4 is 0 Å². The van der Waals surface area contributed by atoms with Crippen LogP contribution in [0.25, 0.3) is 0 Å². The summed E-state index contributed by atoms with van der Waals surface area (Å²) in [4.78, 5) is 10.4. The van der Waals surface area contributed by atoms with Gasteiger partial charge < -0.3 is 14.6 Å². The second kappa shape index (κ2) is 6.86. The molecule has 0 saturated carbocycles. The maximum Gasteiger partial charge on any atom is 0.305 e. The first kappa shape index (κ1) is 12.4. The van der Waals surface area contributed by atoms with Crippen LogP contribution in [-0.2, 0) is 14.3 Å². The zero-order valence-corrected chi connectivity index (χ0v) is 8.45. The van der Waals surface area contributed by atoms with E-state index < -0.39 is 5.97 Å². The molecule has 0 aliphatic rings. The summed E-state index contributed by atoms with van der Waals surface area (Å²) in [5, 5.41) is 8.55. The highest BCUT2D eigenvalue weighted by atomic mass is 16.5. The van der Waals surface area contributed by atoms with Gasteiger partial charge in [0.1, 0.15) is 0 Å². The third kappa shape index (κ3) is 6.54. The summed E-state index contributed by atoms with van der Waals surface area (Å²) in [5.41, 5.74) is 0. The molecule has 0 fully saturated rings. The molecule has 0 amide bonds. The first-order chi connectivity index (χ1) is 6.10. The predicted octanol–water partition coefficient (Wildman–Crippen LogP) is 1.29. The molecule has 0 spiro atoms. The summed E-state index contributed by atoms with van der Waals surface area (Å²) in [6, 6.07) is 0. The molecule has 0 radical (unpaired) electrons. The minimum atomic E-state index is -0.823. The maximum atomic E-state index is 10.4. The SMILES string of the molecule is CCC(CC(=O)O)OC(C)COC. The average Bonchev–Trinajstić information content (AvgIpc) is 2.02. The van der Waals surface area contributed by atoms with Crippen LogP contribution in [0.4, 0.5) is 0 Å². The number of hydrogen-bond donors (Lipinski definition) is 1. The lowest BCUT2D eigenvalue weighted by Crippen LogP contribution is -2.25. The van der Waals surface area contributed by atoms with Crippen LogP contribution in [0.15, 0.2) is 0 Å². The van der Waals surface area contributed by atoms with Crippen LogP contribution in [0, 0.1) is 0 Å². The maximum absolute atomic E-state index is 10.4. The number of carboxylic acids is 1. The summed E-state index contributed by atoms with van der Waals surface area (Å²) < 4.78 is 10.3. The first-order valence-corrected chi connectivity index (χ1v) is 4.46. The van der Waals surface area contributed by atoms with Gasteiger partial charge in [-0.2, -0.15) is 0 Å². The molecule has 0 aliphatic carbocycles. The van der Waals surface area contributed by atoms with E-state index in [9.17, 15) is 4.79 Å². The van der Waals surface area contributed by atoms with Crippen molar-refractivity contribution in [1.82, 2.24) is 0 Å². The zero-order chi connectivity index (χ0) is 10.3. The highest BCUT2D eigenvalue weighted by Gasteiger charge is 2.14. The van der Waals surface area contributed by atoms with Gasteiger partial charge in [-0.05, 0) is 13.3 Å². The van der Waals surface area contributed by atoms with Gasteiger partial charge >= 0.3 is 5.97 Å². The Morgan fingerprint density at radius 1 is 1.54 bits per heavy atom. The van der Waals surface area contributed by atoms with E-state index in [0.29, 0.717) is 13.0 Å². The van der Waals surface area contributed by atoms with E-state index in [1.165, 1.54) is 0 Å². The third-order valence-corrected chi connectivity index (χ3v) is 1.68. The van der Waals surface area contributed by atoms with Crippen LogP contribution in [0.1, 0.15) is 26.7 Å². The molecule has 0 bridgehead atoms. The van der Waals surface area contributed by atoms with E-state index in [2.05, 4.69) is 0 Å². The van der Waals surface area contributed by atoms with Gasteiger partial charge in [0.2, 0.25) is 0 Å². The second-order valence-corrected chi connectivity index (χ2v) is 3.03. The van der Waals surface area contributed by atoms with Gasteiger partial charge in [0.15, 0.2) is 0 Å². The standard InChI is InChI=1S/C9H18O4/c1-4-8(5-9(10)11)13-7(2)6-12-3/h7-8H,4-6H2,1-3H3,(H,10,11). The molecular weight excluding hydrogens is 172 g/mol. The number of methoxy groups -OCH3 is 1. The molecular formula is C9H18O4. The summed E-state index contributed by atoms with van der Waals surface area (Å²) in [7, 11) is 1.60. The largest absolute Gasteiger partial charge is 0.481 e. The molecule has 0 aromatic heterocycles. The van der Waals surface area contributed by atoms with Crippen LogP contribution in [0.2, 0.25) is 0 Å². The summed E-state index contributed by atoms with van der Waals surface area (Å²) in [6.07, 6.45) is 0.516. The number of aliphatic carboxylic acids is 1. The molecule has 4 nitrogen and oxygen atoms in total. The van der Waals surface area contributed by atoms with E-state index in [1.54, 1.807) is 7.11 Å². The molecule has 13 heavy (non-hydrogen) atoms. The number of carboxylic acid groups (broad SMARTS) is 1. The van der Waals surface area contributed by atoms with Crippen molar-refractivity contribution in [1.29, 1.82) is 0 Å². The van der Waals surface area contributed by atoms with Crippen LogP contribution in [-0.4, -0.2) is 37.0 Å². The zero-order valence-electron chi connectivity index (χ0n) is 8.45. The molecule has 0 aromatic carbocycles. The fraction of sp³-hybridized carbons (Fsp3) is 0.889. The van der Waals surface area contributed by atoms with Gasteiger partial charge in [-0.1, -0.05) is 6.92 Å². The highest BCUT2D eigenvalue weighted by Crippen LogP contribution is 2.07. The lowest BCUT2D eigenvalue weighted by molar-refractivity contribution is -0.142. The number of carbonyl (C=O) groups is 1. The van der Waals surface area contributed by atoms with Gasteiger partial charge in [-0.3, -0.25) is 4.79 Å². The predicted molar refractivity (Wildman–Crippen MR) is 48.8 cm³/mol. The third-order valence-electron chi connectivity index (χ3n) is 1.68. The number of hydrogen-bond acceptors (Lipinski definition) is 3. The quantitative estimate of drug-likeness (QED) is 0.657. The molecule has 0 rings (SSSR count). The van der Waals surface area contributed by atoms with E-state index in [1.807, 2.05) is 13.8 Å². The van der Waals surface area contributed by atoms with Gasteiger partial charge in [0.05, 0.1) is 25.2 Å². The Hall–Kier alpha value is -0.610. The van der Waals surface area contributed by atoms with Gasteiger partial charge in [0, 0.05) is 7.11 Å². The number of ether oxygens (including phenoxy) is 2. The molecule has 78 valence electrons. The van der Waals surface area contributed by atoms with E-state index in [4.69, 9.17) is 14.6 Å². The van der Waals surface area contributed by atoms with Crippen molar-refractivity contribution in [2.24, 2.45) is 0 Å². The van der Waals surface area contributed by atoms with Crippen molar-refractivity contribution in [3.63, 3.8) is 0 Å². The Balaban J connectivity index is 3.75. The lowest BCUT2D eigenvalue weighted by Gasteiger charge is -2.19. The monoisotopic (exact) mass is 190 g/mol. The fourth-order valence-corrected chi connectivity index (χ4v) is 1.09. The van der Waals surface area contributed by atoms with Gasteiger partial charge in [-0.25, -0.2) is 0 Å². The molecule has 0 aromatic rings. The van der Waals surface area contributed by atoms with Gasteiger partial charge in [-0.15, -0.1) is 0 Å². The minimum absolute atomic E-state index is 0.0469. The molecule has 4 heteroatoms. The molecule has 2 atom stereocenters.